The number of amides is 1. The van der Waals surface area contributed by atoms with Crippen LogP contribution in [0.25, 0.3) is 16.3 Å². The van der Waals surface area contributed by atoms with Gasteiger partial charge in [-0.25, -0.2) is 9.78 Å². The van der Waals surface area contributed by atoms with Gasteiger partial charge in [0.15, 0.2) is 6.61 Å². The summed E-state index contributed by atoms with van der Waals surface area (Å²) in [7, 11) is 0. The molecule has 27 heavy (non-hydrogen) atoms. The highest BCUT2D eigenvalue weighted by molar-refractivity contribution is 7.19. The number of para-hydroxylation sites is 1. The Morgan fingerprint density at radius 3 is 2.74 bits per heavy atom. The minimum absolute atomic E-state index is 0.289. The zero-order valence-corrected chi connectivity index (χ0v) is 16.1. The molecular weight excluding hydrogens is 384 g/mol. The molecule has 0 aliphatic rings. The van der Waals surface area contributed by atoms with Gasteiger partial charge in [-0.1, -0.05) is 41.9 Å². The third-order valence-corrected chi connectivity index (χ3v) is 5.11. The zero-order chi connectivity index (χ0) is 19.2. The number of benzene rings is 2. The van der Waals surface area contributed by atoms with E-state index >= 15 is 0 Å². The zero-order valence-electron chi connectivity index (χ0n) is 14.5. The minimum Gasteiger partial charge on any atom is -0.452 e. The van der Waals surface area contributed by atoms with E-state index in [0.717, 1.165) is 15.8 Å². The van der Waals surface area contributed by atoms with Crippen LogP contribution in [0.5, 0.6) is 0 Å². The van der Waals surface area contributed by atoms with Crippen LogP contribution in [0.4, 0.5) is 0 Å². The third-order valence-electron chi connectivity index (χ3n) is 3.77. The van der Waals surface area contributed by atoms with Gasteiger partial charge >= 0.3 is 5.97 Å². The molecular formula is C20H17ClN2O3S. The van der Waals surface area contributed by atoms with Crippen LogP contribution in [-0.2, 0) is 14.3 Å². The van der Waals surface area contributed by atoms with Gasteiger partial charge in [0.2, 0.25) is 0 Å². The van der Waals surface area contributed by atoms with Gasteiger partial charge in [0, 0.05) is 11.1 Å². The second-order valence-corrected chi connectivity index (χ2v) is 7.24. The number of aromatic nitrogens is 1. The molecule has 5 nitrogen and oxygen atoms in total. The van der Waals surface area contributed by atoms with Gasteiger partial charge in [0.25, 0.3) is 5.91 Å². The molecule has 0 radical (unpaired) electrons. The topological polar surface area (TPSA) is 68.3 Å². The predicted molar refractivity (Wildman–Crippen MR) is 108 cm³/mol. The molecule has 1 amide bonds. The largest absolute Gasteiger partial charge is 0.452 e. The molecule has 2 aromatic carbocycles. The van der Waals surface area contributed by atoms with E-state index in [1.165, 1.54) is 17.4 Å². The molecule has 0 saturated carbocycles. The van der Waals surface area contributed by atoms with E-state index in [4.69, 9.17) is 16.3 Å². The van der Waals surface area contributed by atoms with Crippen molar-refractivity contribution in [3.05, 3.63) is 70.2 Å². The summed E-state index contributed by atoms with van der Waals surface area (Å²) in [6.45, 7) is 1.45. The van der Waals surface area contributed by atoms with E-state index < -0.39 is 11.9 Å². The number of esters is 1. The van der Waals surface area contributed by atoms with E-state index in [-0.39, 0.29) is 12.6 Å². The smallest absolute Gasteiger partial charge is 0.331 e. The maximum absolute atomic E-state index is 12.0. The maximum Gasteiger partial charge on any atom is 0.331 e. The van der Waals surface area contributed by atoms with Gasteiger partial charge in [-0.05, 0) is 36.8 Å². The second-order valence-electron chi connectivity index (χ2n) is 5.77. The summed E-state index contributed by atoms with van der Waals surface area (Å²) in [6, 6.07) is 14.7. The Bertz CT molecular complexity index is 967. The van der Waals surface area contributed by atoms with Crippen molar-refractivity contribution in [2.75, 3.05) is 6.61 Å². The Kier molecular flexibility index (Phi) is 6.21. The number of fused-ring (bicyclic) bond motifs is 1. The van der Waals surface area contributed by atoms with Crippen molar-refractivity contribution in [1.82, 2.24) is 10.3 Å². The number of hydrogen-bond acceptors (Lipinski definition) is 5. The lowest BCUT2D eigenvalue weighted by Gasteiger charge is -2.15. The highest BCUT2D eigenvalue weighted by atomic mass is 35.5. The van der Waals surface area contributed by atoms with Crippen molar-refractivity contribution >= 4 is 51.1 Å². The normalized spacial score (nSPS) is 12.2. The van der Waals surface area contributed by atoms with Crippen molar-refractivity contribution < 1.29 is 14.3 Å². The van der Waals surface area contributed by atoms with Gasteiger partial charge in [-0.3, -0.25) is 4.79 Å². The molecule has 0 bridgehead atoms. The van der Waals surface area contributed by atoms with Crippen molar-refractivity contribution in [2.45, 2.75) is 13.0 Å². The highest BCUT2D eigenvalue weighted by Gasteiger charge is 2.13. The lowest BCUT2D eigenvalue weighted by atomic mass is 10.1. The van der Waals surface area contributed by atoms with Crippen LogP contribution in [0, 0.1) is 0 Å². The number of nitrogens with one attached hydrogen (secondary N) is 1. The molecule has 3 aromatic rings. The molecule has 0 aliphatic heterocycles. The van der Waals surface area contributed by atoms with Crippen molar-refractivity contribution in [3.63, 3.8) is 0 Å². The van der Waals surface area contributed by atoms with E-state index in [2.05, 4.69) is 10.3 Å². The highest BCUT2D eigenvalue weighted by Crippen LogP contribution is 2.23. The average Bonchev–Trinajstić information content (AvgIpc) is 3.08. The van der Waals surface area contributed by atoms with E-state index in [1.807, 2.05) is 49.4 Å². The van der Waals surface area contributed by atoms with Crippen LogP contribution >= 0.6 is 22.9 Å². The average molecular weight is 401 g/mol. The second kappa shape index (κ2) is 8.79. The van der Waals surface area contributed by atoms with Crippen LogP contribution in [0.1, 0.15) is 23.5 Å². The summed E-state index contributed by atoms with van der Waals surface area (Å²) >= 11 is 7.58. The van der Waals surface area contributed by atoms with Gasteiger partial charge in [0.05, 0.1) is 16.3 Å². The first kappa shape index (κ1) is 19.1. The molecule has 3 rings (SSSR count). The summed E-state index contributed by atoms with van der Waals surface area (Å²) in [4.78, 5) is 28.2. The van der Waals surface area contributed by atoms with Crippen molar-refractivity contribution in [1.29, 1.82) is 0 Å². The van der Waals surface area contributed by atoms with Crippen LogP contribution in [0.3, 0.4) is 0 Å². The third kappa shape index (κ3) is 5.15. The van der Waals surface area contributed by atoms with Gasteiger partial charge in [-0.2, -0.15) is 0 Å². The predicted octanol–water partition coefficient (Wildman–Crippen LogP) is 4.38. The lowest BCUT2D eigenvalue weighted by Crippen LogP contribution is -2.31. The number of hydrogen-bond donors (Lipinski definition) is 1. The number of thiazole rings is 1. The fourth-order valence-corrected chi connectivity index (χ4v) is 3.64. The Hall–Kier alpha value is -2.70. The van der Waals surface area contributed by atoms with Crippen molar-refractivity contribution in [2.24, 2.45) is 0 Å². The molecule has 0 aliphatic carbocycles. The van der Waals surface area contributed by atoms with E-state index in [9.17, 15) is 9.59 Å². The van der Waals surface area contributed by atoms with Crippen LogP contribution < -0.4 is 5.32 Å². The van der Waals surface area contributed by atoms with Crippen LogP contribution in [-0.4, -0.2) is 23.5 Å². The Labute approximate surface area is 165 Å². The fraction of sp³-hybridized carbons (Fsp3) is 0.150. The Balaban J connectivity index is 1.49. The van der Waals surface area contributed by atoms with E-state index in [1.54, 1.807) is 12.1 Å². The first-order valence-electron chi connectivity index (χ1n) is 8.27. The first-order valence-corrected chi connectivity index (χ1v) is 9.46. The number of halogens is 1. The van der Waals surface area contributed by atoms with Gasteiger partial charge in [0.1, 0.15) is 5.01 Å². The van der Waals surface area contributed by atoms with Gasteiger partial charge < -0.3 is 10.1 Å². The van der Waals surface area contributed by atoms with Gasteiger partial charge in [-0.15, -0.1) is 11.3 Å². The van der Waals surface area contributed by atoms with Crippen LogP contribution in [0.2, 0.25) is 5.02 Å². The number of nitrogens with zero attached hydrogens (tertiary/aromatic N) is 1. The summed E-state index contributed by atoms with van der Waals surface area (Å²) in [5.74, 6) is -1.00. The number of ether oxygens (including phenoxy) is 1. The Morgan fingerprint density at radius 1 is 1.22 bits per heavy atom. The monoisotopic (exact) mass is 400 g/mol. The fourth-order valence-electron chi connectivity index (χ4n) is 2.47. The molecule has 7 heteroatoms. The summed E-state index contributed by atoms with van der Waals surface area (Å²) in [6.07, 6.45) is 2.85. The summed E-state index contributed by atoms with van der Waals surface area (Å²) < 4.78 is 6.01. The van der Waals surface area contributed by atoms with Crippen molar-refractivity contribution in [3.8, 4) is 0 Å². The number of carbonyl (C=O) groups excluding carboxylic acids is 2. The SMILES string of the molecule is C[C@H](NC(=O)COC(=O)/C=C/c1nc2ccccc2s1)c1ccccc1Cl. The molecule has 0 unspecified atom stereocenters. The molecule has 1 heterocycles. The maximum atomic E-state index is 12.0. The molecule has 138 valence electrons. The quantitative estimate of drug-likeness (QED) is 0.492. The first-order chi connectivity index (χ1) is 13.0. The summed E-state index contributed by atoms with van der Waals surface area (Å²) in [5.41, 5.74) is 1.68. The minimum atomic E-state index is -0.602. The molecule has 1 atom stereocenters. The van der Waals surface area contributed by atoms with Crippen LogP contribution in [0.15, 0.2) is 54.6 Å². The number of rotatable bonds is 6. The molecule has 0 spiro atoms. The molecule has 1 N–H and O–H groups in total. The standard InChI is InChI=1S/C20H17ClN2O3S/c1-13(14-6-2-3-7-15(14)21)22-18(24)12-26-20(25)11-10-19-23-16-8-4-5-9-17(16)27-19/h2-11,13H,12H2,1H3,(H,22,24)/b11-10+/t13-/m0/s1. The Morgan fingerprint density at radius 2 is 1.96 bits per heavy atom. The lowest BCUT2D eigenvalue weighted by molar-refractivity contribution is -0.144. The summed E-state index contributed by atoms with van der Waals surface area (Å²) in [5, 5.41) is 4.02. The number of carbonyl (C=O) groups is 2. The molecule has 0 saturated heterocycles. The van der Waals surface area contributed by atoms with E-state index in [0.29, 0.717) is 10.0 Å². The molecule has 0 fully saturated rings. The molecule has 1 aromatic heterocycles.